The summed E-state index contributed by atoms with van der Waals surface area (Å²) in [4.78, 5) is 33.7. The van der Waals surface area contributed by atoms with Gasteiger partial charge >= 0.3 is 0 Å². The normalized spacial score (nSPS) is 16.4. The summed E-state index contributed by atoms with van der Waals surface area (Å²) in [7, 11) is 0. The zero-order chi connectivity index (χ0) is 22.1. The van der Waals surface area contributed by atoms with Crippen LogP contribution in [0.2, 0.25) is 0 Å². The molecule has 1 aliphatic heterocycles. The molecule has 1 aliphatic rings. The number of hydrogen-bond donors (Lipinski definition) is 2. The van der Waals surface area contributed by atoms with Gasteiger partial charge in [0.25, 0.3) is 11.8 Å². The van der Waals surface area contributed by atoms with E-state index in [0.717, 1.165) is 22.2 Å². The highest BCUT2D eigenvalue weighted by atomic mass is 32.1. The number of nitrogens with one attached hydrogen (secondary N) is 1. The monoisotopic (exact) mass is 442 g/mol. The maximum Gasteiger partial charge on any atom is 0.261 e. The third-order valence-electron chi connectivity index (χ3n) is 5.64. The Labute approximate surface area is 184 Å². The van der Waals surface area contributed by atoms with E-state index in [1.807, 2.05) is 30.9 Å². The Bertz CT molecular complexity index is 1120. The number of nitrogens with zero attached hydrogens (tertiary/aromatic N) is 3. The van der Waals surface area contributed by atoms with E-state index in [2.05, 4.69) is 15.5 Å². The molecule has 0 aromatic carbocycles. The fourth-order valence-corrected chi connectivity index (χ4v) is 5.30. The lowest BCUT2D eigenvalue weighted by atomic mass is 9.95. The number of aromatic nitrogens is 2. The van der Waals surface area contributed by atoms with Gasteiger partial charge in [-0.05, 0) is 30.9 Å². The van der Waals surface area contributed by atoms with E-state index in [9.17, 15) is 9.59 Å². The molecule has 31 heavy (non-hydrogen) atoms. The van der Waals surface area contributed by atoms with Crippen molar-refractivity contribution in [3.8, 4) is 0 Å². The van der Waals surface area contributed by atoms with E-state index < -0.39 is 0 Å². The summed E-state index contributed by atoms with van der Waals surface area (Å²) in [6.07, 6.45) is 2.47. The largest absolute Gasteiger partial charge is 0.395 e. The molecule has 1 fully saturated rings. The predicted octanol–water partition coefficient (Wildman–Crippen LogP) is 3.07. The number of pyridine rings is 1. The minimum Gasteiger partial charge on any atom is -0.395 e. The van der Waals surface area contributed by atoms with Crippen molar-refractivity contribution in [2.24, 2.45) is 0 Å². The van der Waals surface area contributed by atoms with E-state index in [1.165, 1.54) is 11.3 Å². The average Bonchev–Trinajstić information content (AvgIpc) is 3.47. The molecule has 3 aromatic rings. The molecule has 1 saturated heterocycles. The van der Waals surface area contributed by atoms with E-state index in [4.69, 9.17) is 9.63 Å². The Morgan fingerprint density at radius 3 is 2.97 bits per heavy atom. The second-order valence-corrected chi connectivity index (χ2v) is 9.07. The smallest absolute Gasteiger partial charge is 0.261 e. The summed E-state index contributed by atoms with van der Waals surface area (Å²) in [5.41, 5.74) is 2.17. The van der Waals surface area contributed by atoms with Crippen LogP contribution in [0.1, 0.15) is 69.2 Å². The molecule has 0 radical (unpaired) electrons. The van der Waals surface area contributed by atoms with Gasteiger partial charge in [-0.1, -0.05) is 25.1 Å². The molecule has 0 unspecified atom stereocenters. The van der Waals surface area contributed by atoms with Crippen molar-refractivity contribution < 1.29 is 19.2 Å². The molecule has 0 bridgehead atoms. The van der Waals surface area contributed by atoms with Gasteiger partial charge in [0.05, 0.1) is 17.2 Å². The molecule has 4 heterocycles. The third kappa shape index (κ3) is 3.95. The zero-order valence-corrected chi connectivity index (χ0v) is 18.7. The van der Waals surface area contributed by atoms with Gasteiger partial charge in [0.2, 0.25) is 0 Å². The molecule has 9 heteroatoms. The highest BCUT2D eigenvalue weighted by Crippen LogP contribution is 2.40. The topological polar surface area (TPSA) is 109 Å². The Morgan fingerprint density at radius 1 is 1.42 bits per heavy atom. The highest BCUT2D eigenvalue weighted by molar-refractivity contribution is 7.20. The Kier molecular flexibility index (Phi) is 6.06. The summed E-state index contributed by atoms with van der Waals surface area (Å²) < 4.78 is 5.31. The van der Waals surface area contributed by atoms with Crippen LogP contribution in [-0.4, -0.2) is 58.2 Å². The van der Waals surface area contributed by atoms with E-state index in [-0.39, 0.29) is 36.8 Å². The Morgan fingerprint density at radius 2 is 2.23 bits per heavy atom. The number of amides is 2. The number of fused-ring (bicyclic) bond motifs is 1. The van der Waals surface area contributed by atoms with Crippen molar-refractivity contribution >= 4 is 33.4 Å². The van der Waals surface area contributed by atoms with Gasteiger partial charge < -0.3 is 19.8 Å². The van der Waals surface area contributed by atoms with Crippen molar-refractivity contribution in [1.82, 2.24) is 20.4 Å². The summed E-state index contributed by atoms with van der Waals surface area (Å²) in [6.45, 7) is 6.93. The first kappa shape index (κ1) is 21.5. The summed E-state index contributed by atoms with van der Waals surface area (Å²) in [5, 5.41) is 16.9. The van der Waals surface area contributed by atoms with Crippen LogP contribution >= 0.6 is 11.3 Å². The number of hydrogen-bond acceptors (Lipinski definition) is 7. The first-order valence-corrected chi connectivity index (χ1v) is 11.3. The van der Waals surface area contributed by atoms with Crippen molar-refractivity contribution in [3.05, 3.63) is 45.8 Å². The Balaban J connectivity index is 1.64. The average molecular weight is 443 g/mol. The molecule has 0 spiro atoms. The molecule has 3 aromatic heterocycles. The highest BCUT2D eigenvalue weighted by Gasteiger charge is 2.35. The van der Waals surface area contributed by atoms with Crippen LogP contribution in [0.25, 0.3) is 10.2 Å². The number of aliphatic hydroxyl groups excluding tert-OH is 1. The van der Waals surface area contributed by atoms with Crippen molar-refractivity contribution in [2.45, 2.75) is 39.0 Å². The SMILES string of the molecule is Cc1onc(C(C)C)c1C(=O)N1CC[C@@H](c2c(C(=O)NCCO)sc3ncccc23)C1. The molecule has 2 N–H and O–H groups in total. The quantitative estimate of drug-likeness (QED) is 0.607. The number of aryl methyl sites for hydroxylation is 1. The summed E-state index contributed by atoms with van der Waals surface area (Å²) in [6, 6.07) is 3.84. The van der Waals surface area contributed by atoms with Crippen LogP contribution in [0.3, 0.4) is 0 Å². The van der Waals surface area contributed by atoms with Gasteiger partial charge in [-0.25, -0.2) is 4.98 Å². The van der Waals surface area contributed by atoms with Crippen molar-refractivity contribution in [1.29, 1.82) is 0 Å². The van der Waals surface area contributed by atoms with Gasteiger partial charge in [0, 0.05) is 37.1 Å². The molecule has 2 amide bonds. The van der Waals surface area contributed by atoms with Gasteiger partial charge in [-0.3, -0.25) is 9.59 Å². The standard InChI is InChI=1S/C22H26N4O4S/c1-12(2)18-16(13(3)30-25-18)22(29)26-9-6-14(11-26)17-15-5-4-7-24-21(15)31-19(17)20(28)23-8-10-27/h4-5,7,12,14,27H,6,8-11H2,1-3H3,(H,23,28)/t14-/m1/s1. The number of rotatable bonds is 6. The lowest BCUT2D eigenvalue weighted by Gasteiger charge is -2.18. The molecule has 4 rings (SSSR count). The van der Waals surface area contributed by atoms with Crippen LogP contribution in [-0.2, 0) is 0 Å². The van der Waals surface area contributed by atoms with Crippen LogP contribution in [0.15, 0.2) is 22.9 Å². The zero-order valence-electron chi connectivity index (χ0n) is 17.8. The van der Waals surface area contributed by atoms with E-state index >= 15 is 0 Å². The van der Waals surface area contributed by atoms with Crippen LogP contribution in [0, 0.1) is 6.92 Å². The van der Waals surface area contributed by atoms with Crippen LogP contribution in [0.4, 0.5) is 0 Å². The second-order valence-electron chi connectivity index (χ2n) is 8.07. The Hall–Kier alpha value is -2.78. The first-order valence-electron chi connectivity index (χ1n) is 10.4. The molecule has 1 atom stereocenters. The predicted molar refractivity (Wildman–Crippen MR) is 118 cm³/mol. The van der Waals surface area contributed by atoms with E-state index in [1.54, 1.807) is 13.1 Å². The minimum atomic E-state index is -0.214. The molecule has 0 aliphatic carbocycles. The first-order chi connectivity index (χ1) is 14.9. The van der Waals surface area contributed by atoms with Crippen molar-refractivity contribution in [3.63, 3.8) is 0 Å². The molecule has 0 saturated carbocycles. The van der Waals surface area contributed by atoms with Gasteiger partial charge in [-0.15, -0.1) is 11.3 Å². The summed E-state index contributed by atoms with van der Waals surface area (Å²) in [5.74, 6) is 0.358. The maximum atomic E-state index is 13.3. The summed E-state index contributed by atoms with van der Waals surface area (Å²) >= 11 is 1.35. The lowest BCUT2D eigenvalue weighted by molar-refractivity contribution is 0.0787. The van der Waals surface area contributed by atoms with E-state index in [0.29, 0.717) is 35.0 Å². The number of thiophene rings is 1. The van der Waals surface area contributed by atoms with Crippen molar-refractivity contribution in [2.75, 3.05) is 26.2 Å². The number of carbonyl (C=O) groups excluding carboxylic acids is 2. The van der Waals surface area contributed by atoms with Gasteiger partial charge in [0.1, 0.15) is 16.2 Å². The number of aliphatic hydroxyl groups is 1. The number of likely N-dealkylation sites (tertiary alicyclic amines) is 1. The third-order valence-corrected chi connectivity index (χ3v) is 6.77. The van der Waals surface area contributed by atoms with Crippen LogP contribution in [0.5, 0.6) is 0 Å². The number of carbonyl (C=O) groups is 2. The van der Waals surface area contributed by atoms with Crippen LogP contribution < -0.4 is 5.32 Å². The van der Waals surface area contributed by atoms with Gasteiger partial charge in [-0.2, -0.15) is 0 Å². The van der Waals surface area contributed by atoms with Gasteiger partial charge in [0.15, 0.2) is 0 Å². The fraction of sp³-hybridized carbons (Fsp3) is 0.455. The lowest BCUT2D eigenvalue weighted by Crippen LogP contribution is -2.30. The minimum absolute atomic E-state index is 0.0273. The molecule has 164 valence electrons. The molecular weight excluding hydrogens is 416 g/mol. The fourth-order valence-electron chi connectivity index (χ4n) is 4.16. The maximum absolute atomic E-state index is 13.3. The molecular formula is C22H26N4O4S. The second kappa shape index (κ2) is 8.76. The molecule has 8 nitrogen and oxygen atoms in total.